The normalized spacial score (nSPS) is 17.6. The van der Waals surface area contributed by atoms with Crippen LogP contribution in [0.2, 0.25) is 0 Å². The van der Waals surface area contributed by atoms with Gasteiger partial charge in [0, 0.05) is 42.3 Å². The van der Waals surface area contributed by atoms with E-state index >= 15 is 0 Å². The van der Waals surface area contributed by atoms with Gasteiger partial charge in [0.05, 0.1) is 6.42 Å². The molecule has 0 bridgehead atoms. The third-order valence-electron chi connectivity index (χ3n) is 6.01. The van der Waals surface area contributed by atoms with Crippen molar-refractivity contribution in [2.45, 2.75) is 31.8 Å². The highest BCUT2D eigenvalue weighted by Gasteiger charge is 2.39. The molecule has 0 radical (unpaired) electrons. The van der Waals surface area contributed by atoms with Crippen molar-refractivity contribution in [1.29, 1.82) is 0 Å². The number of carbonyl (C=O) groups excluding carboxylic acids is 4. The van der Waals surface area contributed by atoms with Gasteiger partial charge in [-0.1, -0.05) is 12.1 Å². The van der Waals surface area contributed by atoms with Crippen molar-refractivity contribution in [1.82, 2.24) is 14.8 Å². The second kappa shape index (κ2) is 8.38. The van der Waals surface area contributed by atoms with Crippen LogP contribution in [0.3, 0.4) is 0 Å². The summed E-state index contributed by atoms with van der Waals surface area (Å²) in [6.45, 7) is 0.269. The van der Waals surface area contributed by atoms with E-state index in [0.29, 0.717) is 17.7 Å². The van der Waals surface area contributed by atoms with Gasteiger partial charge in [0.2, 0.25) is 17.7 Å². The molecule has 3 aromatic rings. The maximum atomic E-state index is 12.8. The molecule has 2 N–H and O–H groups in total. The maximum absolute atomic E-state index is 12.8. The molecule has 166 valence electrons. The number of imide groups is 1. The van der Waals surface area contributed by atoms with E-state index < -0.39 is 11.9 Å². The van der Waals surface area contributed by atoms with Crippen LogP contribution in [0.5, 0.6) is 0 Å². The minimum Gasteiger partial charge on any atom is -0.326 e. The quantitative estimate of drug-likeness (QED) is 0.593. The number of hydrogen-bond donors (Lipinski definition) is 2. The Bertz CT molecular complexity index is 1250. The molecule has 4 amide bonds. The number of aromatic nitrogens is 1. The second-order valence-electron chi connectivity index (χ2n) is 8.25. The Morgan fingerprint density at radius 3 is 2.52 bits per heavy atom. The summed E-state index contributed by atoms with van der Waals surface area (Å²) in [4.78, 5) is 50.4. The van der Waals surface area contributed by atoms with E-state index in [0.717, 1.165) is 16.8 Å². The molecule has 0 spiro atoms. The van der Waals surface area contributed by atoms with Gasteiger partial charge in [0.15, 0.2) is 0 Å². The highest BCUT2D eigenvalue weighted by atomic mass is 16.2. The van der Waals surface area contributed by atoms with Gasteiger partial charge < -0.3 is 14.8 Å². The molecule has 2 aliphatic rings. The first kappa shape index (κ1) is 20.7. The van der Waals surface area contributed by atoms with E-state index in [1.807, 2.05) is 53.4 Å². The lowest BCUT2D eigenvalue weighted by Crippen LogP contribution is -2.52. The molecule has 1 atom stereocenters. The zero-order valence-electron chi connectivity index (χ0n) is 17.8. The fourth-order valence-corrected chi connectivity index (χ4v) is 4.34. The van der Waals surface area contributed by atoms with E-state index in [1.54, 1.807) is 18.2 Å². The second-order valence-corrected chi connectivity index (χ2v) is 8.25. The average Bonchev–Trinajstić information content (AvgIpc) is 3.43. The molecule has 3 heterocycles. The van der Waals surface area contributed by atoms with E-state index in [1.165, 1.54) is 4.90 Å². The van der Waals surface area contributed by atoms with Crippen LogP contribution in [0.25, 0.3) is 5.69 Å². The summed E-state index contributed by atoms with van der Waals surface area (Å²) < 4.78 is 1.99. The van der Waals surface area contributed by atoms with E-state index in [2.05, 4.69) is 10.6 Å². The van der Waals surface area contributed by atoms with Crippen LogP contribution in [0.15, 0.2) is 67.0 Å². The van der Waals surface area contributed by atoms with Crippen LogP contribution in [0, 0.1) is 0 Å². The lowest BCUT2D eigenvalue weighted by molar-refractivity contribution is -0.137. The van der Waals surface area contributed by atoms with Gasteiger partial charge in [0.25, 0.3) is 5.91 Å². The fraction of sp³-hybridized carbons (Fsp3) is 0.200. The predicted octanol–water partition coefficient (Wildman–Crippen LogP) is 2.42. The van der Waals surface area contributed by atoms with Gasteiger partial charge in [-0.25, -0.2) is 0 Å². The molecular weight excluding hydrogens is 420 g/mol. The van der Waals surface area contributed by atoms with Crippen molar-refractivity contribution in [2.75, 3.05) is 5.32 Å². The van der Waals surface area contributed by atoms with E-state index in [9.17, 15) is 19.2 Å². The Hall–Kier alpha value is -4.20. The summed E-state index contributed by atoms with van der Waals surface area (Å²) in [6.07, 6.45) is 4.68. The summed E-state index contributed by atoms with van der Waals surface area (Å²) in [5.41, 5.74) is 3.77. The number of benzene rings is 2. The molecule has 1 saturated heterocycles. The van der Waals surface area contributed by atoms with Crippen LogP contribution in [-0.4, -0.2) is 39.1 Å². The Labute approximate surface area is 190 Å². The van der Waals surface area contributed by atoms with Gasteiger partial charge >= 0.3 is 0 Å². The molecule has 2 aromatic carbocycles. The van der Waals surface area contributed by atoms with Crippen LogP contribution < -0.4 is 10.6 Å². The molecule has 8 heteroatoms. The Morgan fingerprint density at radius 2 is 1.79 bits per heavy atom. The molecule has 5 rings (SSSR count). The summed E-state index contributed by atoms with van der Waals surface area (Å²) in [6, 6.07) is 16.2. The number of anilines is 1. The van der Waals surface area contributed by atoms with Crippen LogP contribution in [-0.2, 0) is 27.3 Å². The minimum atomic E-state index is -0.657. The number of amides is 4. The molecule has 8 nitrogen and oxygen atoms in total. The molecule has 33 heavy (non-hydrogen) atoms. The summed E-state index contributed by atoms with van der Waals surface area (Å²) >= 11 is 0. The largest absolute Gasteiger partial charge is 0.326 e. The molecule has 1 aromatic heterocycles. The van der Waals surface area contributed by atoms with Crippen molar-refractivity contribution >= 4 is 29.3 Å². The standard InChI is InChI=1S/C25H22N4O4/c30-22-10-9-21(24(32)27-22)29-15-17-14-18(5-8-20(17)25(29)33)26-23(31)13-16-3-6-19(7-4-16)28-11-1-2-12-28/h1-8,11-12,14,21H,9-10,13,15H2,(H,26,31)(H,27,30,32). The van der Waals surface area contributed by atoms with Crippen LogP contribution in [0.1, 0.15) is 34.3 Å². The molecule has 0 saturated carbocycles. The third kappa shape index (κ3) is 4.15. The number of nitrogens with zero attached hydrogens (tertiary/aromatic N) is 2. The molecule has 1 unspecified atom stereocenters. The topological polar surface area (TPSA) is 101 Å². The van der Waals surface area contributed by atoms with E-state index in [-0.39, 0.29) is 37.1 Å². The van der Waals surface area contributed by atoms with Crippen molar-refractivity contribution in [2.24, 2.45) is 0 Å². The van der Waals surface area contributed by atoms with Gasteiger partial charge in [-0.15, -0.1) is 0 Å². The summed E-state index contributed by atoms with van der Waals surface area (Å²) in [5.74, 6) is -1.15. The first-order chi connectivity index (χ1) is 16.0. The highest BCUT2D eigenvalue weighted by Crippen LogP contribution is 2.29. The van der Waals surface area contributed by atoms with Crippen molar-refractivity contribution in [3.8, 4) is 5.69 Å². The minimum absolute atomic E-state index is 0.157. The van der Waals surface area contributed by atoms with Crippen molar-refractivity contribution in [3.05, 3.63) is 83.7 Å². The fourth-order valence-electron chi connectivity index (χ4n) is 4.34. The number of fused-ring (bicyclic) bond motifs is 1. The molecule has 2 aliphatic heterocycles. The SMILES string of the molecule is O=C1CCC(N2Cc3cc(NC(=O)Cc4ccc(-n5cccc5)cc4)ccc3C2=O)C(=O)N1. The van der Waals surface area contributed by atoms with Crippen LogP contribution in [0.4, 0.5) is 5.69 Å². The lowest BCUT2D eigenvalue weighted by Gasteiger charge is -2.29. The number of nitrogens with one attached hydrogen (secondary N) is 2. The maximum Gasteiger partial charge on any atom is 0.255 e. The smallest absolute Gasteiger partial charge is 0.255 e. The van der Waals surface area contributed by atoms with Crippen molar-refractivity contribution in [3.63, 3.8) is 0 Å². The van der Waals surface area contributed by atoms with Gasteiger partial charge in [-0.2, -0.15) is 0 Å². The predicted molar refractivity (Wildman–Crippen MR) is 121 cm³/mol. The third-order valence-corrected chi connectivity index (χ3v) is 6.01. The summed E-state index contributed by atoms with van der Waals surface area (Å²) in [7, 11) is 0. The molecule has 1 fully saturated rings. The first-order valence-corrected chi connectivity index (χ1v) is 10.8. The number of hydrogen-bond acceptors (Lipinski definition) is 4. The summed E-state index contributed by atoms with van der Waals surface area (Å²) in [5, 5.41) is 5.18. The van der Waals surface area contributed by atoms with Gasteiger partial charge in [-0.05, 0) is 60.0 Å². The van der Waals surface area contributed by atoms with E-state index in [4.69, 9.17) is 0 Å². The molecular formula is C25H22N4O4. The van der Waals surface area contributed by atoms with Gasteiger partial charge in [-0.3, -0.25) is 24.5 Å². The first-order valence-electron chi connectivity index (χ1n) is 10.8. The number of piperidine rings is 1. The molecule has 0 aliphatic carbocycles. The Morgan fingerprint density at radius 1 is 1.03 bits per heavy atom. The number of carbonyl (C=O) groups is 4. The van der Waals surface area contributed by atoms with Gasteiger partial charge in [0.1, 0.15) is 6.04 Å². The Balaban J connectivity index is 1.23. The Kier molecular flexibility index (Phi) is 5.26. The lowest BCUT2D eigenvalue weighted by atomic mass is 10.0. The number of rotatable bonds is 5. The highest BCUT2D eigenvalue weighted by molar-refractivity contribution is 6.05. The average molecular weight is 442 g/mol. The zero-order chi connectivity index (χ0) is 22.9. The van der Waals surface area contributed by atoms with Crippen LogP contribution >= 0.6 is 0 Å². The monoisotopic (exact) mass is 442 g/mol. The zero-order valence-corrected chi connectivity index (χ0v) is 17.8. The van der Waals surface area contributed by atoms with Crippen molar-refractivity contribution < 1.29 is 19.2 Å².